The van der Waals surface area contributed by atoms with Gasteiger partial charge in [-0.2, -0.15) is 0 Å². The minimum absolute atomic E-state index is 0.136. The Balaban J connectivity index is 1.98. The van der Waals surface area contributed by atoms with Gasteiger partial charge in [-0.05, 0) is 36.2 Å². The van der Waals surface area contributed by atoms with E-state index < -0.39 is 23.5 Å². The number of phenolic OH excluding ortho intramolecular Hbond substituents is 2. The number of nitrogens with one attached hydrogen (secondary N) is 1. The highest BCUT2D eigenvalue weighted by molar-refractivity contribution is 5.94. The van der Waals surface area contributed by atoms with Crippen LogP contribution in [0.4, 0.5) is 10.1 Å². The van der Waals surface area contributed by atoms with Gasteiger partial charge in [0.15, 0.2) is 11.6 Å². The molecule has 5 nitrogen and oxygen atoms in total. The van der Waals surface area contributed by atoms with Gasteiger partial charge in [-0.15, -0.1) is 0 Å². The summed E-state index contributed by atoms with van der Waals surface area (Å²) < 4.78 is 13.2. The van der Waals surface area contributed by atoms with Gasteiger partial charge in [0.2, 0.25) is 5.91 Å². The van der Waals surface area contributed by atoms with E-state index in [0.717, 1.165) is 17.7 Å². The van der Waals surface area contributed by atoms with Gasteiger partial charge < -0.3 is 21.3 Å². The molecule has 0 aromatic heterocycles. The van der Waals surface area contributed by atoms with Crippen LogP contribution in [0, 0.1) is 5.82 Å². The first-order valence-electron chi connectivity index (χ1n) is 6.28. The molecule has 0 saturated carbocycles. The largest absolute Gasteiger partial charge is 0.508 e. The van der Waals surface area contributed by atoms with Gasteiger partial charge in [0.05, 0.1) is 6.04 Å². The van der Waals surface area contributed by atoms with E-state index in [0.29, 0.717) is 0 Å². The van der Waals surface area contributed by atoms with Crippen molar-refractivity contribution in [1.82, 2.24) is 0 Å². The Hall–Kier alpha value is -2.60. The maximum Gasteiger partial charge on any atom is 0.241 e. The number of rotatable bonds is 4. The van der Waals surface area contributed by atoms with Crippen LogP contribution in [0.25, 0.3) is 0 Å². The number of hydrogen-bond acceptors (Lipinski definition) is 4. The second-order valence-corrected chi connectivity index (χ2v) is 4.63. The average molecular weight is 290 g/mol. The van der Waals surface area contributed by atoms with Crippen molar-refractivity contribution in [2.45, 2.75) is 12.5 Å². The van der Waals surface area contributed by atoms with Gasteiger partial charge in [0.1, 0.15) is 5.75 Å². The zero-order valence-electron chi connectivity index (χ0n) is 11.1. The van der Waals surface area contributed by atoms with Crippen LogP contribution in [-0.4, -0.2) is 22.2 Å². The van der Waals surface area contributed by atoms with Crippen molar-refractivity contribution in [3.63, 3.8) is 0 Å². The molecule has 5 N–H and O–H groups in total. The van der Waals surface area contributed by atoms with Crippen molar-refractivity contribution >= 4 is 11.6 Å². The summed E-state index contributed by atoms with van der Waals surface area (Å²) in [5.41, 5.74) is 6.80. The van der Waals surface area contributed by atoms with Crippen LogP contribution in [0.2, 0.25) is 0 Å². The predicted octanol–water partition coefficient (Wildman–Crippen LogP) is 1.75. The predicted molar refractivity (Wildman–Crippen MR) is 76.5 cm³/mol. The summed E-state index contributed by atoms with van der Waals surface area (Å²) in [6.45, 7) is 0. The number of amides is 1. The fourth-order valence-electron chi connectivity index (χ4n) is 1.80. The highest BCUT2D eigenvalue weighted by Gasteiger charge is 2.15. The summed E-state index contributed by atoms with van der Waals surface area (Å²) in [4.78, 5) is 11.9. The number of phenols is 2. The Bertz CT molecular complexity index is 644. The number of aromatic hydroxyl groups is 2. The van der Waals surface area contributed by atoms with E-state index in [4.69, 9.17) is 10.8 Å². The lowest BCUT2D eigenvalue weighted by atomic mass is 10.1. The first-order chi connectivity index (χ1) is 9.95. The van der Waals surface area contributed by atoms with Gasteiger partial charge >= 0.3 is 0 Å². The molecule has 0 aliphatic heterocycles. The minimum Gasteiger partial charge on any atom is -0.508 e. The molecule has 1 atom stereocenters. The fraction of sp³-hybridized carbons (Fsp3) is 0.133. The van der Waals surface area contributed by atoms with Gasteiger partial charge in [-0.1, -0.05) is 12.1 Å². The second-order valence-electron chi connectivity index (χ2n) is 4.63. The van der Waals surface area contributed by atoms with Crippen LogP contribution in [-0.2, 0) is 11.2 Å². The average Bonchev–Trinajstić information content (AvgIpc) is 2.45. The maximum absolute atomic E-state index is 13.2. The van der Waals surface area contributed by atoms with Crippen LogP contribution in [0.3, 0.4) is 0 Å². The molecule has 0 aliphatic carbocycles. The number of halogens is 1. The second kappa shape index (κ2) is 6.23. The van der Waals surface area contributed by atoms with Crippen LogP contribution in [0.5, 0.6) is 11.5 Å². The molecule has 0 saturated heterocycles. The van der Waals surface area contributed by atoms with Gasteiger partial charge in [-0.3, -0.25) is 4.79 Å². The van der Waals surface area contributed by atoms with Crippen molar-refractivity contribution in [1.29, 1.82) is 0 Å². The van der Waals surface area contributed by atoms with E-state index in [-0.39, 0.29) is 17.9 Å². The van der Waals surface area contributed by atoms with Crippen molar-refractivity contribution in [3.05, 3.63) is 53.8 Å². The van der Waals surface area contributed by atoms with Crippen molar-refractivity contribution in [2.24, 2.45) is 5.73 Å². The Morgan fingerprint density at radius 2 is 1.86 bits per heavy atom. The molecule has 0 fully saturated rings. The lowest BCUT2D eigenvalue weighted by Gasteiger charge is -2.12. The topological polar surface area (TPSA) is 95.6 Å². The number of carbonyl (C=O) groups excluding carboxylic acids is 1. The van der Waals surface area contributed by atoms with Crippen molar-refractivity contribution < 1.29 is 19.4 Å². The zero-order valence-corrected chi connectivity index (χ0v) is 11.1. The summed E-state index contributed by atoms with van der Waals surface area (Å²) >= 11 is 0. The number of benzene rings is 2. The molecule has 2 aromatic rings. The zero-order chi connectivity index (χ0) is 15.4. The quantitative estimate of drug-likeness (QED) is 0.645. The summed E-state index contributed by atoms with van der Waals surface area (Å²) in [7, 11) is 0. The molecule has 0 bridgehead atoms. The third-order valence-corrected chi connectivity index (χ3v) is 2.94. The first kappa shape index (κ1) is 14.8. The SMILES string of the molecule is N[C@H](Cc1ccc(O)cc1)C(=O)Nc1ccc(O)c(F)c1. The van der Waals surface area contributed by atoms with Crippen LogP contribution in [0.15, 0.2) is 42.5 Å². The van der Waals surface area contributed by atoms with Gasteiger partial charge in [0.25, 0.3) is 0 Å². The third-order valence-electron chi connectivity index (χ3n) is 2.94. The minimum atomic E-state index is -0.820. The molecule has 110 valence electrons. The van der Waals surface area contributed by atoms with E-state index in [1.807, 2.05) is 0 Å². The standard InChI is InChI=1S/C15H15FN2O3/c16-12-8-10(3-6-14(12)20)18-15(21)13(17)7-9-1-4-11(19)5-2-9/h1-6,8,13,19-20H,7,17H2,(H,18,21)/t13-/m1/s1. The van der Waals surface area contributed by atoms with E-state index >= 15 is 0 Å². The Kier molecular flexibility index (Phi) is 4.39. The van der Waals surface area contributed by atoms with Crippen LogP contribution < -0.4 is 11.1 Å². The van der Waals surface area contributed by atoms with E-state index in [1.165, 1.54) is 18.2 Å². The molecule has 0 aliphatic rings. The van der Waals surface area contributed by atoms with Crippen LogP contribution >= 0.6 is 0 Å². The number of nitrogens with two attached hydrogens (primary N) is 1. The summed E-state index contributed by atoms with van der Waals surface area (Å²) in [6.07, 6.45) is 0.284. The first-order valence-corrected chi connectivity index (χ1v) is 6.28. The lowest BCUT2D eigenvalue weighted by molar-refractivity contribution is -0.117. The molecular weight excluding hydrogens is 275 g/mol. The molecule has 21 heavy (non-hydrogen) atoms. The highest BCUT2D eigenvalue weighted by Crippen LogP contribution is 2.19. The number of anilines is 1. The Labute approximate surface area is 120 Å². The molecule has 1 amide bonds. The molecule has 0 radical (unpaired) electrons. The lowest BCUT2D eigenvalue weighted by Crippen LogP contribution is -2.37. The van der Waals surface area contributed by atoms with E-state index in [9.17, 15) is 14.3 Å². The Morgan fingerprint density at radius 1 is 1.19 bits per heavy atom. The highest BCUT2D eigenvalue weighted by atomic mass is 19.1. The van der Waals surface area contributed by atoms with Gasteiger partial charge in [-0.25, -0.2) is 4.39 Å². The molecule has 0 spiro atoms. The normalized spacial score (nSPS) is 11.9. The molecular formula is C15H15FN2O3. The third kappa shape index (κ3) is 3.93. The summed E-state index contributed by atoms with van der Waals surface area (Å²) in [5, 5.41) is 20.7. The van der Waals surface area contributed by atoms with Crippen molar-refractivity contribution in [2.75, 3.05) is 5.32 Å². The Morgan fingerprint density at radius 3 is 2.48 bits per heavy atom. The molecule has 0 unspecified atom stereocenters. The number of carbonyl (C=O) groups is 1. The summed E-state index contributed by atoms with van der Waals surface area (Å²) in [6, 6.07) is 9.09. The maximum atomic E-state index is 13.2. The van der Waals surface area contributed by atoms with E-state index in [2.05, 4.69) is 5.32 Å². The molecule has 6 heteroatoms. The molecule has 2 aromatic carbocycles. The monoisotopic (exact) mass is 290 g/mol. The molecule has 2 rings (SSSR count). The van der Waals surface area contributed by atoms with E-state index in [1.54, 1.807) is 12.1 Å². The summed E-state index contributed by atoms with van der Waals surface area (Å²) in [5.74, 6) is -1.63. The smallest absolute Gasteiger partial charge is 0.241 e. The fourth-order valence-corrected chi connectivity index (χ4v) is 1.80. The molecule has 0 heterocycles. The number of hydrogen-bond donors (Lipinski definition) is 4. The van der Waals surface area contributed by atoms with Crippen LogP contribution in [0.1, 0.15) is 5.56 Å². The van der Waals surface area contributed by atoms with Crippen molar-refractivity contribution in [3.8, 4) is 11.5 Å². The van der Waals surface area contributed by atoms with Gasteiger partial charge in [0, 0.05) is 11.8 Å².